The highest BCUT2D eigenvalue weighted by molar-refractivity contribution is 9.09. The molecule has 0 spiro atoms. The first-order chi connectivity index (χ1) is 7.56. The number of nitrogens with zero attached hydrogens (tertiary/aromatic N) is 1. The highest BCUT2D eigenvalue weighted by Gasteiger charge is 2.27. The highest BCUT2D eigenvalue weighted by Crippen LogP contribution is 2.21. The molecule has 1 aliphatic heterocycles. The van der Waals surface area contributed by atoms with E-state index in [-0.39, 0.29) is 5.91 Å². The summed E-state index contributed by atoms with van der Waals surface area (Å²) in [5.41, 5.74) is 3.77. The molecule has 0 N–H and O–H groups in total. The standard InChI is InChI=1S/C13H16BrNO/c1-9-3-4-10(2)11(5-9)7-15-8-12(14)6-13(15)16/h3-5,12H,6-8H2,1-2H3. The number of rotatable bonds is 2. The Morgan fingerprint density at radius 3 is 2.81 bits per heavy atom. The Balaban J connectivity index is 2.15. The maximum atomic E-state index is 11.7. The Kier molecular flexibility index (Phi) is 3.33. The summed E-state index contributed by atoms with van der Waals surface area (Å²) in [6.07, 6.45) is 0.630. The number of aryl methyl sites for hydroxylation is 2. The third-order valence-electron chi connectivity index (χ3n) is 3.03. The summed E-state index contributed by atoms with van der Waals surface area (Å²) in [7, 11) is 0. The number of amides is 1. The van der Waals surface area contributed by atoms with Crippen LogP contribution in [0.25, 0.3) is 0 Å². The molecular formula is C13H16BrNO. The predicted octanol–water partition coefficient (Wildman–Crippen LogP) is 2.80. The number of hydrogen-bond acceptors (Lipinski definition) is 1. The lowest BCUT2D eigenvalue weighted by Gasteiger charge is -2.17. The Hall–Kier alpha value is -0.830. The van der Waals surface area contributed by atoms with E-state index in [1.807, 2.05) is 4.90 Å². The van der Waals surface area contributed by atoms with E-state index in [2.05, 4.69) is 48.0 Å². The van der Waals surface area contributed by atoms with Crippen LogP contribution < -0.4 is 0 Å². The van der Waals surface area contributed by atoms with E-state index in [0.29, 0.717) is 11.2 Å². The van der Waals surface area contributed by atoms with Crippen LogP contribution in [0.4, 0.5) is 0 Å². The molecule has 0 bridgehead atoms. The molecule has 0 radical (unpaired) electrons. The summed E-state index contributed by atoms with van der Waals surface area (Å²) >= 11 is 3.50. The molecule has 2 nitrogen and oxygen atoms in total. The van der Waals surface area contributed by atoms with Gasteiger partial charge in [0.15, 0.2) is 0 Å². The van der Waals surface area contributed by atoms with Crippen LogP contribution >= 0.6 is 15.9 Å². The highest BCUT2D eigenvalue weighted by atomic mass is 79.9. The SMILES string of the molecule is Cc1ccc(C)c(CN2CC(Br)CC2=O)c1. The van der Waals surface area contributed by atoms with Gasteiger partial charge in [-0.15, -0.1) is 0 Å². The molecule has 16 heavy (non-hydrogen) atoms. The Morgan fingerprint density at radius 1 is 1.44 bits per heavy atom. The van der Waals surface area contributed by atoms with Gasteiger partial charge < -0.3 is 4.90 Å². The van der Waals surface area contributed by atoms with Gasteiger partial charge in [0.2, 0.25) is 5.91 Å². The largest absolute Gasteiger partial charge is 0.337 e. The molecular weight excluding hydrogens is 266 g/mol. The van der Waals surface area contributed by atoms with Gasteiger partial charge in [-0.1, -0.05) is 39.7 Å². The van der Waals surface area contributed by atoms with E-state index in [1.165, 1.54) is 16.7 Å². The number of carbonyl (C=O) groups excluding carboxylic acids is 1. The number of hydrogen-bond donors (Lipinski definition) is 0. The molecule has 1 aromatic carbocycles. The van der Waals surface area contributed by atoms with E-state index in [9.17, 15) is 4.79 Å². The molecule has 1 unspecified atom stereocenters. The predicted molar refractivity (Wildman–Crippen MR) is 68.7 cm³/mol. The van der Waals surface area contributed by atoms with Gasteiger partial charge in [0.25, 0.3) is 0 Å². The van der Waals surface area contributed by atoms with Crippen molar-refractivity contribution >= 4 is 21.8 Å². The molecule has 86 valence electrons. The van der Waals surface area contributed by atoms with E-state index in [0.717, 1.165) is 13.1 Å². The maximum absolute atomic E-state index is 11.7. The Morgan fingerprint density at radius 2 is 2.19 bits per heavy atom. The number of benzene rings is 1. The lowest BCUT2D eigenvalue weighted by atomic mass is 10.1. The minimum Gasteiger partial charge on any atom is -0.337 e. The van der Waals surface area contributed by atoms with Crippen molar-refractivity contribution < 1.29 is 4.79 Å². The van der Waals surface area contributed by atoms with E-state index < -0.39 is 0 Å². The minimum absolute atomic E-state index is 0.253. The van der Waals surface area contributed by atoms with Crippen molar-refractivity contribution in [2.24, 2.45) is 0 Å². The average molecular weight is 282 g/mol. The summed E-state index contributed by atoms with van der Waals surface area (Å²) in [6, 6.07) is 6.40. The van der Waals surface area contributed by atoms with Crippen LogP contribution in [0.3, 0.4) is 0 Å². The van der Waals surface area contributed by atoms with Gasteiger partial charge >= 0.3 is 0 Å². The second-order valence-corrected chi connectivity index (χ2v) is 5.80. The molecule has 1 fully saturated rings. The molecule has 0 aliphatic carbocycles. The second-order valence-electron chi connectivity index (χ2n) is 4.51. The van der Waals surface area contributed by atoms with E-state index >= 15 is 0 Å². The van der Waals surface area contributed by atoms with Crippen molar-refractivity contribution in [3.05, 3.63) is 34.9 Å². The molecule has 1 amide bonds. The van der Waals surface area contributed by atoms with Gasteiger partial charge in [0.05, 0.1) is 0 Å². The molecule has 0 aromatic heterocycles. The fourth-order valence-corrected chi connectivity index (χ4v) is 2.68. The summed E-state index contributed by atoms with van der Waals surface area (Å²) in [5, 5.41) is 0. The number of halogens is 1. The molecule has 1 heterocycles. The van der Waals surface area contributed by atoms with Gasteiger partial charge in [-0.3, -0.25) is 4.79 Å². The summed E-state index contributed by atoms with van der Waals surface area (Å²) < 4.78 is 0. The summed E-state index contributed by atoms with van der Waals surface area (Å²) in [5.74, 6) is 0.253. The first-order valence-electron chi connectivity index (χ1n) is 5.54. The van der Waals surface area contributed by atoms with Crippen LogP contribution in [0, 0.1) is 13.8 Å². The van der Waals surface area contributed by atoms with E-state index in [1.54, 1.807) is 0 Å². The van der Waals surface area contributed by atoms with Crippen LogP contribution in [0.2, 0.25) is 0 Å². The first kappa shape index (κ1) is 11.6. The van der Waals surface area contributed by atoms with Crippen molar-refractivity contribution in [1.82, 2.24) is 4.90 Å². The zero-order valence-corrected chi connectivity index (χ0v) is 11.3. The second kappa shape index (κ2) is 4.58. The number of likely N-dealkylation sites (tertiary alicyclic amines) is 1. The lowest BCUT2D eigenvalue weighted by molar-refractivity contribution is -0.128. The quantitative estimate of drug-likeness (QED) is 0.764. The van der Waals surface area contributed by atoms with Crippen molar-refractivity contribution in [3.63, 3.8) is 0 Å². The molecule has 2 rings (SSSR count). The molecule has 0 saturated carbocycles. The normalized spacial score (nSPS) is 20.6. The number of alkyl halides is 1. The average Bonchev–Trinajstić information content (AvgIpc) is 2.51. The van der Waals surface area contributed by atoms with Gasteiger partial charge in [-0.05, 0) is 25.0 Å². The molecule has 1 saturated heterocycles. The van der Waals surface area contributed by atoms with Gasteiger partial charge in [0, 0.05) is 24.3 Å². The fraction of sp³-hybridized carbons (Fsp3) is 0.462. The third-order valence-corrected chi connectivity index (χ3v) is 3.65. The van der Waals surface area contributed by atoms with Crippen LogP contribution in [0.5, 0.6) is 0 Å². The fourth-order valence-electron chi connectivity index (χ4n) is 2.05. The van der Waals surface area contributed by atoms with Crippen molar-refractivity contribution in [1.29, 1.82) is 0 Å². The Labute approximate surface area is 105 Å². The molecule has 1 aliphatic rings. The summed E-state index contributed by atoms with van der Waals surface area (Å²) in [6.45, 7) is 5.75. The lowest BCUT2D eigenvalue weighted by Crippen LogP contribution is -2.25. The molecule has 1 aromatic rings. The molecule has 1 atom stereocenters. The van der Waals surface area contributed by atoms with Crippen LogP contribution in [-0.4, -0.2) is 22.2 Å². The van der Waals surface area contributed by atoms with Crippen molar-refractivity contribution in [3.8, 4) is 0 Å². The zero-order valence-electron chi connectivity index (χ0n) is 9.66. The van der Waals surface area contributed by atoms with Crippen LogP contribution in [0.15, 0.2) is 18.2 Å². The van der Waals surface area contributed by atoms with Crippen LogP contribution in [0.1, 0.15) is 23.1 Å². The first-order valence-corrected chi connectivity index (χ1v) is 6.46. The Bertz CT molecular complexity index is 416. The van der Waals surface area contributed by atoms with Gasteiger partial charge in [-0.2, -0.15) is 0 Å². The molecule has 3 heteroatoms. The minimum atomic E-state index is 0.253. The van der Waals surface area contributed by atoms with Crippen LogP contribution in [-0.2, 0) is 11.3 Å². The van der Waals surface area contributed by atoms with Gasteiger partial charge in [0.1, 0.15) is 0 Å². The smallest absolute Gasteiger partial charge is 0.224 e. The zero-order chi connectivity index (χ0) is 11.7. The van der Waals surface area contributed by atoms with Gasteiger partial charge in [-0.25, -0.2) is 0 Å². The monoisotopic (exact) mass is 281 g/mol. The van der Waals surface area contributed by atoms with Crippen molar-refractivity contribution in [2.75, 3.05) is 6.54 Å². The van der Waals surface area contributed by atoms with E-state index in [4.69, 9.17) is 0 Å². The number of carbonyl (C=O) groups is 1. The maximum Gasteiger partial charge on any atom is 0.224 e. The third kappa shape index (κ3) is 2.46. The summed E-state index contributed by atoms with van der Waals surface area (Å²) in [4.78, 5) is 13.9. The van der Waals surface area contributed by atoms with Crippen molar-refractivity contribution in [2.45, 2.75) is 31.6 Å². The topological polar surface area (TPSA) is 20.3 Å².